The van der Waals surface area contributed by atoms with Crippen molar-refractivity contribution in [2.75, 3.05) is 38.5 Å². The summed E-state index contributed by atoms with van der Waals surface area (Å²) in [6.45, 7) is 14.7. The number of benzene rings is 2. The molecule has 45 heavy (non-hydrogen) atoms. The predicted molar refractivity (Wildman–Crippen MR) is 172 cm³/mol. The lowest BCUT2D eigenvalue weighted by Gasteiger charge is -2.45. The highest BCUT2D eigenvalue weighted by molar-refractivity contribution is 6.03. The van der Waals surface area contributed by atoms with Crippen LogP contribution >= 0.6 is 0 Å². The van der Waals surface area contributed by atoms with E-state index < -0.39 is 11.6 Å². The van der Waals surface area contributed by atoms with E-state index in [1.165, 1.54) is 0 Å². The molecule has 12 heteroatoms. The number of methoxy groups -OCH3 is 1. The number of rotatable bonds is 7. The number of amides is 1. The minimum absolute atomic E-state index is 0.0197. The molecule has 4 aromatic rings. The molecule has 0 aliphatic carbocycles. The van der Waals surface area contributed by atoms with Crippen LogP contribution in [0.25, 0.3) is 33.2 Å². The molecule has 1 amide bonds. The molecule has 1 fully saturated rings. The lowest BCUT2D eigenvalue weighted by atomic mass is 10.0. The minimum Gasteiger partial charge on any atom is -0.466 e. The molecule has 2 aromatic heterocycles. The summed E-state index contributed by atoms with van der Waals surface area (Å²) < 4.78 is 24.1. The molecule has 1 saturated heterocycles. The zero-order valence-corrected chi connectivity index (χ0v) is 27.5. The van der Waals surface area contributed by atoms with Gasteiger partial charge < -0.3 is 23.8 Å². The monoisotopic (exact) mass is 618 g/mol. The number of aromatic nitrogens is 4. The molecule has 12 nitrogen and oxygen atoms in total. The lowest BCUT2D eigenvalue weighted by Crippen LogP contribution is -2.59. The molecule has 5 rings (SSSR count). The number of piperazine rings is 1. The van der Waals surface area contributed by atoms with Gasteiger partial charge in [0.1, 0.15) is 11.4 Å². The zero-order chi connectivity index (χ0) is 32.6. The van der Waals surface area contributed by atoms with E-state index in [0.717, 1.165) is 22.2 Å². The van der Waals surface area contributed by atoms with Gasteiger partial charge in [0, 0.05) is 55.5 Å². The van der Waals surface area contributed by atoms with Crippen LogP contribution in [-0.2, 0) is 21.3 Å². The number of aryl methyl sites for hydroxylation is 2. The van der Waals surface area contributed by atoms with Gasteiger partial charge in [-0.25, -0.2) is 19.6 Å². The third-order valence-electron chi connectivity index (χ3n) is 7.70. The first-order valence-electron chi connectivity index (χ1n) is 15.2. The van der Waals surface area contributed by atoms with Crippen LogP contribution in [0.4, 0.5) is 10.5 Å². The predicted octanol–water partition coefficient (Wildman–Crippen LogP) is 5.49. The van der Waals surface area contributed by atoms with Crippen molar-refractivity contribution in [1.29, 1.82) is 0 Å². The maximum Gasteiger partial charge on any atom is 0.410 e. The van der Waals surface area contributed by atoms with Gasteiger partial charge in [0.15, 0.2) is 18.3 Å². The van der Waals surface area contributed by atoms with Gasteiger partial charge in [-0.15, -0.1) is 0 Å². The number of esters is 1. The fourth-order valence-corrected chi connectivity index (χ4v) is 5.90. The van der Waals surface area contributed by atoms with Crippen molar-refractivity contribution in [3.05, 3.63) is 41.7 Å². The van der Waals surface area contributed by atoms with E-state index in [9.17, 15) is 9.59 Å². The fourth-order valence-electron chi connectivity index (χ4n) is 5.90. The average molecular weight is 619 g/mol. The smallest absolute Gasteiger partial charge is 0.410 e. The van der Waals surface area contributed by atoms with E-state index in [1.54, 1.807) is 23.6 Å². The van der Waals surface area contributed by atoms with E-state index in [4.69, 9.17) is 28.9 Å². The number of hydrogen-bond acceptors (Lipinski definition) is 10. The number of hydrogen-bond donors (Lipinski definition) is 0. The van der Waals surface area contributed by atoms with Crippen molar-refractivity contribution in [3.8, 4) is 17.1 Å². The molecule has 3 heterocycles. The van der Waals surface area contributed by atoms with Gasteiger partial charge in [0.2, 0.25) is 0 Å². The first-order chi connectivity index (χ1) is 21.3. The Balaban J connectivity index is 1.57. The van der Waals surface area contributed by atoms with Crippen LogP contribution in [-0.4, -0.2) is 88.0 Å². The van der Waals surface area contributed by atoms with Gasteiger partial charge in [-0.1, -0.05) is 0 Å². The minimum atomic E-state index is -0.576. The Kier molecular flexibility index (Phi) is 8.88. The highest BCUT2D eigenvalue weighted by atomic mass is 16.7. The van der Waals surface area contributed by atoms with Gasteiger partial charge >= 0.3 is 12.1 Å². The molecule has 0 saturated carbocycles. The van der Waals surface area contributed by atoms with Crippen molar-refractivity contribution in [3.63, 3.8) is 0 Å². The summed E-state index contributed by atoms with van der Waals surface area (Å²) in [7, 11) is 3.41. The summed E-state index contributed by atoms with van der Waals surface area (Å²) in [5.74, 6) is 0.310. The molecule has 2 atom stereocenters. The van der Waals surface area contributed by atoms with Gasteiger partial charge in [0.25, 0.3) is 0 Å². The lowest BCUT2D eigenvalue weighted by molar-refractivity contribution is 0.00563. The summed E-state index contributed by atoms with van der Waals surface area (Å²) >= 11 is 0. The third kappa shape index (κ3) is 6.51. The Hall–Kier alpha value is -4.45. The van der Waals surface area contributed by atoms with Gasteiger partial charge in [0.05, 0.1) is 35.3 Å². The maximum atomic E-state index is 13.4. The Labute approximate surface area is 263 Å². The fraction of sp³-hybridized carbons (Fsp3) is 0.485. The quantitative estimate of drug-likeness (QED) is 0.194. The van der Waals surface area contributed by atoms with E-state index >= 15 is 0 Å². The molecular weight excluding hydrogens is 576 g/mol. The Bertz CT molecular complexity index is 1730. The second-order valence-corrected chi connectivity index (χ2v) is 12.5. The van der Waals surface area contributed by atoms with E-state index in [2.05, 4.69) is 10.00 Å². The number of nitrogens with zero attached hydrogens (tertiary/aromatic N) is 6. The molecule has 0 N–H and O–H groups in total. The molecule has 0 spiro atoms. The molecule has 1 aliphatic rings. The van der Waals surface area contributed by atoms with Crippen LogP contribution < -0.4 is 9.64 Å². The Morgan fingerprint density at radius 3 is 2.42 bits per heavy atom. The summed E-state index contributed by atoms with van der Waals surface area (Å²) in [5.41, 5.74) is 3.28. The summed E-state index contributed by atoms with van der Waals surface area (Å²) in [6, 6.07) is 7.51. The maximum absolute atomic E-state index is 13.4. The highest BCUT2D eigenvalue weighted by Gasteiger charge is 2.36. The van der Waals surface area contributed by atoms with Crippen LogP contribution in [0.15, 0.2) is 30.5 Å². The summed E-state index contributed by atoms with van der Waals surface area (Å²) in [4.78, 5) is 40.0. The second-order valence-electron chi connectivity index (χ2n) is 12.5. The molecule has 0 radical (unpaired) electrons. The normalized spacial score (nSPS) is 17.2. The van der Waals surface area contributed by atoms with Crippen molar-refractivity contribution in [2.24, 2.45) is 7.05 Å². The first kappa shape index (κ1) is 32.0. The van der Waals surface area contributed by atoms with Crippen molar-refractivity contribution < 1.29 is 28.5 Å². The molecule has 1 aliphatic heterocycles. The zero-order valence-electron chi connectivity index (χ0n) is 27.5. The van der Waals surface area contributed by atoms with Crippen molar-refractivity contribution in [1.82, 2.24) is 24.6 Å². The standard InChI is InChI=1S/C33H42N6O6/c1-10-43-31(40)28-24-14-23(38-15-19(2)39(20(3)16-38)32(41)45-33(5,6)7)11-12-26(24)34-30(35-28)25-13-22-17-37(8)36-27(22)21(4)29(25)44-18-42-9/h11-14,17,19-20H,10,15-16,18H2,1-9H3/t19-,20+. The first-order valence-corrected chi connectivity index (χ1v) is 15.2. The average Bonchev–Trinajstić information content (AvgIpc) is 3.35. The van der Waals surface area contributed by atoms with Gasteiger partial charge in [-0.05, 0) is 72.7 Å². The topological polar surface area (TPSA) is 121 Å². The number of anilines is 1. The molecular formula is C33H42N6O6. The Morgan fingerprint density at radius 2 is 1.78 bits per heavy atom. The summed E-state index contributed by atoms with van der Waals surface area (Å²) in [5, 5.41) is 6.04. The van der Waals surface area contributed by atoms with Crippen LogP contribution in [0.5, 0.6) is 5.75 Å². The van der Waals surface area contributed by atoms with E-state index in [0.29, 0.717) is 41.1 Å². The van der Waals surface area contributed by atoms with Crippen LogP contribution in [0.1, 0.15) is 57.6 Å². The number of fused-ring (bicyclic) bond motifs is 2. The number of carbonyl (C=O) groups is 2. The van der Waals surface area contributed by atoms with Crippen molar-refractivity contribution >= 4 is 39.6 Å². The largest absolute Gasteiger partial charge is 0.466 e. The Morgan fingerprint density at radius 1 is 1.07 bits per heavy atom. The van der Waals surface area contributed by atoms with Gasteiger partial charge in [-0.2, -0.15) is 5.10 Å². The second kappa shape index (κ2) is 12.5. The highest BCUT2D eigenvalue weighted by Crippen LogP contribution is 2.38. The van der Waals surface area contributed by atoms with Crippen LogP contribution in [0.3, 0.4) is 0 Å². The SMILES string of the molecule is CCOC(=O)c1nc(-c2cc3cn(C)nc3c(C)c2OCOC)nc2ccc(N3C[C@@H](C)N(C(=O)OC(C)(C)C)[C@@H](C)C3)cc12. The molecule has 240 valence electrons. The van der Waals surface area contributed by atoms with Crippen LogP contribution in [0, 0.1) is 6.92 Å². The number of carbonyl (C=O) groups excluding carboxylic acids is 2. The molecule has 0 unspecified atom stereocenters. The molecule has 0 bridgehead atoms. The summed E-state index contributed by atoms with van der Waals surface area (Å²) in [6.07, 6.45) is 1.59. The van der Waals surface area contributed by atoms with Gasteiger partial charge in [-0.3, -0.25) is 9.58 Å². The third-order valence-corrected chi connectivity index (χ3v) is 7.70. The van der Waals surface area contributed by atoms with Crippen molar-refractivity contribution in [2.45, 2.75) is 66.2 Å². The van der Waals surface area contributed by atoms with E-state index in [-0.39, 0.29) is 37.3 Å². The number of ether oxygens (including phenoxy) is 4. The molecule has 2 aromatic carbocycles. The van der Waals surface area contributed by atoms with E-state index in [1.807, 2.05) is 79.1 Å². The van der Waals surface area contributed by atoms with Crippen LogP contribution in [0.2, 0.25) is 0 Å².